The van der Waals surface area contributed by atoms with E-state index in [0.717, 1.165) is 6.42 Å². The molecule has 2 fully saturated rings. The van der Waals surface area contributed by atoms with E-state index in [1.165, 1.54) is 0 Å². The van der Waals surface area contributed by atoms with Crippen LogP contribution in [0.1, 0.15) is 40.0 Å². The highest BCUT2D eigenvalue weighted by atomic mass is 16.5. The summed E-state index contributed by atoms with van der Waals surface area (Å²) in [5.74, 6) is 0.0225. The lowest BCUT2D eigenvalue weighted by atomic mass is 9.98. The van der Waals surface area contributed by atoms with Crippen LogP contribution >= 0.6 is 0 Å². The van der Waals surface area contributed by atoms with E-state index >= 15 is 0 Å². The lowest BCUT2D eigenvalue weighted by molar-refractivity contribution is -0.153. The van der Waals surface area contributed by atoms with Gasteiger partial charge in [-0.1, -0.05) is 13.8 Å². The Morgan fingerprint density at radius 1 is 1.33 bits per heavy atom. The van der Waals surface area contributed by atoms with Gasteiger partial charge in [0, 0.05) is 6.61 Å². The van der Waals surface area contributed by atoms with Crippen molar-refractivity contribution >= 4 is 11.8 Å². The largest absolute Gasteiger partial charge is 0.376 e. The third-order valence-corrected chi connectivity index (χ3v) is 4.00. The van der Waals surface area contributed by atoms with Gasteiger partial charge in [-0.05, 0) is 26.2 Å². The molecular formula is C13H22N2O3. The Hall–Kier alpha value is -1.10. The molecule has 0 bridgehead atoms. The normalized spacial score (nSPS) is 36.9. The van der Waals surface area contributed by atoms with E-state index in [1.54, 1.807) is 4.90 Å². The van der Waals surface area contributed by atoms with Gasteiger partial charge >= 0.3 is 0 Å². The fraction of sp³-hybridized carbons (Fsp3) is 0.846. The molecule has 4 unspecified atom stereocenters. The molecule has 2 aliphatic rings. The number of carbonyl (C=O) groups is 2. The average molecular weight is 254 g/mol. The maximum Gasteiger partial charge on any atom is 0.246 e. The van der Waals surface area contributed by atoms with Crippen molar-refractivity contribution in [3.05, 3.63) is 0 Å². The van der Waals surface area contributed by atoms with Crippen molar-refractivity contribution in [2.45, 2.75) is 64.3 Å². The standard InChI is InChI=1S/C13H22N2O3/c1-4-9-13(17)15(10(5-2)12(16)14-9)11-6-7-18-8(11)3/h8-11H,4-7H2,1-3H3,(H,14,16). The minimum Gasteiger partial charge on any atom is -0.376 e. The molecule has 5 heteroatoms. The number of rotatable bonds is 3. The molecule has 4 atom stereocenters. The Labute approximate surface area is 108 Å². The monoisotopic (exact) mass is 254 g/mol. The molecule has 0 saturated carbocycles. The minimum absolute atomic E-state index is 0.0198. The second-order valence-electron chi connectivity index (χ2n) is 5.07. The van der Waals surface area contributed by atoms with E-state index in [4.69, 9.17) is 4.74 Å². The quantitative estimate of drug-likeness (QED) is 0.805. The first-order chi connectivity index (χ1) is 8.60. The van der Waals surface area contributed by atoms with Crippen LogP contribution in [0.5, 0.6) is 0 Å². The van der Waals surface area contributed by atoms with Gasteiger partial charge < -0.3 is 15.0 Å². The van der Waals surface area contributed by atoms with Gasteiger partial charge in [0.25, 0.3) is 0 Å². The molecule has 2 amide bonds. The lowest BCUT2D eigenvalue weighted by Crippen LogP contribution is -2.66. The second kappa shape index (κ2) is 5.26. The summed E-state index contributed by atoms with van der Waals surface area (Å²) in [5, 5.41) is 2.81. The molecule has 102 valence electrons. The summed E-state index contributed by atoms with van der Waals surface area (Å²) in [4.78, 5) is 26.3. The Bertz CT molecular complexity index is 345. The SMILES string of the molecule is CCC1NC(=O)C(CC)N(C2CCOC2C)C1=O. The Morgan fingerprint density at radius 2 is 2.06 bits per heavy atom. The molecule has 0 aliphatic carbocycles. The first kappa shape index (κ1) is 13.3. The van der Waals surface area contributed by atoms with Crippen LogP contribution in [-0.4, -0.2) is 47.6 Å². The van der Waals surface area contributed by atoms with Crippen LogP contribution in [0, 0.1) is 0 Å². The number of hydrogen-bond acceptors (Lipinski definition) is 3. The third kappa shape index (κ3) is 2.11. The molecule has 0 aromatic heterocycles. The summed E-state index contributed by atoms with van der Waals surface area (Å²) < 4.78 is 5.54. The highest BCUT2D eigenvalue weighted by molar-refractivity contribution is 5.97. The van der Waals surface area contributed by atoms with Crippen LogP contribution in [0.15, 0.2) is 0 Å². The van der Waals surface area contributed by atoms with Gasteiger partial charge in [-0.3, -0.25) is 9.59 Å². The van der Waals surface area contributed by atoms with E-state index in [-0.39, 0.29) is 36.0 Å². The fourth-order valence-electron chi connectivity index (χ4n) is 2.93. The van der Waals surface area contributed by atoms with Crippen LogP contribution in [0.25, 0.3) is 0 Å². The molecule has 1 N–H and O–H groups in total. The third-order valence-electron chi connectivity index (χ3n) is 4.00. The van der Waals surface area contributed by atoms with Crippen molar-refractivity contribution in [3.8, 4) is 0 Å². The van der Waals surface area contributed by atoms with E-state index in [1.807, 2.05) is 20.8 Å². The predicted molar refractivity (Wildman–Crippen MR) is 67.0 cm³/mol. The molecule has 0 spiro atoms. The number of nitrogens with zero attached hydrogens (tertiary/aromatic N) is 1. The van der Waals surface area contributed by atoms with Crippen molar-refractivity contribution in [1.29, 1.82) is 0 Å². The van der Waals surface area contributed by atoms with Crippen LogP contribution < -0.4 is 5.32 Å². The zero-order valence-corrected chi connectivity index (χ0v) is 11.3. The number of carbonyl (C=O) groups excluding carboxylic acids is 2. The van der Waals surface area contributed by atoms with Crippen LogP contribution in [0.3, 0.4) is 0 Å². The van der Waals surface area contributed by atoms with Gasteiger partial charge in [0.2, 0.25) is 11.8 Å². The minimum atomic E-state index is -0.368. The van der Waals surface area contributed by atoms with E-state index in [9.17, 15) is 9.59 Å². The maximum atomic E-state index is 12.5. The number of amides is 2. The Kier molecular flexibility index (Phi) is 3.90. The predicted octanol–water partition coefficient (Wildman–Crippen LogP) is 0.679. The zero-order chi connectivity index (χ0) is 13.3. The molecule has 2 heterocycles. The number of hydrogen-bond donors (Lipinski definition) is 1. The van der Waals surface area contributed by atoms with Gasteiger partial charge in [0.1, 0.15) is 12.1 Å². The van der Waals surface area contributed by atoms with E-state index < -0.39 is 0 Å². The molecule has 0 aromatic rings. The maximum absolute atomic E-state index is 12.5. The van der Waals surface area contributed by atoms with Gasteiger partial charge in [0.05, 0.1) is 12.1 Å². The number of ether oxygens (including phenoxy) is 1. The summed E-state index contributed by atoms with van der Waals surface area (Å²) in [6.45, 7) is 6.51. The lowest BCUT2D eigenvalue weighted by Gasteiger charge is -2.42. The number of nitrogens with one attached hydrogen (secondary N) is 1. The summed E-state index contributed by atoms with van der Waals surface area (Å²) in [7, 11) is 0. The molecule has 5 nitrogen and oxygen atoms in total. The van der Waals surface area contributed by atoms with Crippen LogP contribution in [0.2, 0.25) is 0 Å². The highest BCUT2D eigenvalue weighted by Gasteiger charge is 2.45. The Balaban J connectivity index is 2.26. The molecule has 2 rings (SSSR count). The molecule has 0 radical (unpaired) electrons. The molecule has 18 heavy (non-hydrogen) atoms. The van der Waals surface area contributed by atoms with Gasteiger partial charge in [-0.25, -0.2) is 0 Å². The van der Waals surface area contributed by atoms with Gasteiger partial charge in [0.15, 0.2) is 0 Å². The molecular weight excluding hydrogens is 232 g/mol. The Morgan fingerprint density at radius 3 is 2.56 bits per heavy atom. The first-order valence-corrected chi connectivity index (χ1v) is 6.84. The summed E-state index contributed by atoms with van der Waals surface area (Å²) in [5.41, 5.74) is 0. The van der Waals surface area contributed by atoms with Crippen LogP contribution in [0.4, 0.5) is 0 Å². The summed E-state index contributed by atoms with van der Waals surface area (Å²) >= 11 is 0. The highest BCUT2D eigenvalue weighted by Crippen LogP contribution is 2.26. The summed E-state index contributed by atoms with van der Waals surface area (Å²) in [6.07, 6.45) is 2.13. The van der Waals surface area contributed by atoms with E-state index in [2.05, 4.69) is 5.32 Å². The number of piperazine rings is 1. The van der Waals surface area contributed by atoms with Crippen molar-refractivity contribution in [1.82, 2.24) is 10.2 Å². The second-order valence-corrected chi connectivity index (χ2v) is 5.07. The topological polar surface area (TPSA) is 58.6 Å². The molecule has 2 saturated heterocycles. The van der Waals surface area contributed by atoms with Crippen molar-refractivity contribution in [2.24, 2.45) is 0 Å². The fourth-order valence-corrected chi connectivity index (χ4v) is 2.93. The van der Waals surface area contributed by atoms with Gasteiger partial charge in [-0.2, -0.15) is 0 Å². The molecule has 2 aliphatic heterocycles. The molecule has 0 aromatic carbocycles. The smallest absolute Gasteiger partial charge is 0.246 e. The van der Waals surface area contributed by atoms with E-state index in [0.29, 0.717) is 19.4 Å². The van der Waals surface area contributed by atoms with Crippen molar-refractivity contribution in [3.63, 3.8) is 0 Å². The zero-order valence-electron chi connectivity index (χ0n) is 11.3. The van der Waals surface area contributed by atoms with Crippen LogP contribution in [-0.2, 0) is 14.3 Å². The average Bonchev–Trinajstić information content (AvgIpc) is 2.77. The summed E-state index contributed by atoms with van der Waals surface area (Å²) in [6, 6.07) is -0.662. The van der Waals surface area contributed by atoms with Gasteiger partial charge in [-0.15, -0.1) is 0 Å². The van der Waals surface area contributed by atoms with Crippen molar-refractivity contribution in [2.75, 3.05) is 6.61 Å². The van der Waals surface area contributed by atoms with Crippen molar-refractivity contribution < 1.29 is 14.3 Å². The first-order valence-electron chi connectivity index (χ1n) is 6.84.